The van der Waals surface area contributed by atoms with Gasteiger partial charge in [-0.3, -0.25) is 4.79 Å². The van der Waals surface area contributed by atoms with Crippen LogP contribution in [-0.4, -0.2) is 17.2 Å². The Bertz CT molecular complexity index is 486. The molecule has 1 unspecified atom stereocenters. The third-order valence-electron chi connectivity index (χ3n) is 5.61. The lowest BCUT2D eigenvalue weighted by atomic mass is 10.0. The highest BCUT2D eigenvalue weighted by Crippen LogP contribution is 2.16. The Labute approximate surface area is 179 Å². The van der Waals surface area contributed by atoms with Crippen molar-refractivity contribution in [2.45, 2.75) is 122 Å². The average molecular weight is 405 g/mol. The van der Waals surface area contributed by atoms with Crippen LogP contribution in [0, 0.1) is 0 Å². The van der Waals surface area contributed by atoms with Gasteiger partial charge in [0, 0.05) is 0 Å². The fourth-order valence-electron chi connectivity index (χ4n) is 3.79. The van der Waals surface area contributed by atoms with Crippen LogP contribution in [0.15, 0.2) is 30.3 Å². The first-order valence-electron chi connectivity index (χ1n) is 12.1. The number of hydrogen-bond donors (Lipinski definition) is 1. The summed E-state index contributed by atoms with van der Waals surface area (Å²) in [5.41, 5.74) is 1.10. The van der Waals surface area contributed by atoms with Crippen molar-refractivity contribution >= 4 is 5.97 Å². The Morgan fingerprint density at radius 3 is 1.76 bits per heavy atom. The van der Waals surface area contributed by atoms with E-state index in [1.807, 2.05) is 30.3 Å². The molecule has 0 bridgehead atoms. The van der Waals surface area contributed by atoms with Crippen molar-refractivity contribution in [2.24, 2.45) is 0 Å². The van der Waals surface area contributed by atoms with Crippen LogP contribution >= 0.6 is 0 Å². The second kappa shape index (κ2) is 18.7. The van der Waals surface area contributed by atoms with E-state index in [1.165, 1.54) is 83.5 Å². The maximum absolute atomic E-state index is 11.1. The normalized spacial score (nSPS) is 12.2. The molecule has 0 aliphatic heterocycles. The number of benzene rings is 1. The molecule has 1 atom stereocenters. The number of carboxylic acids is 1. The summed E-state index contributed by atoms with van der Waals surface area (Å²) in [5.74, 6) is -0.770. The third-order valence-corrected chi connectivity index (χ3v) is 5.61. The van der Waals surface area contributed by atoms with E-state index in [0.29, 0.717) is 6.61 Å². The first-order valence-corrected chi connectivity index (χ1v) is 12.1. The number of carbonyl (C=O) groups is 1. The number of rotatable bonds is 20. The van der Waals surface area contributed by atoms with E-state index in [4.69, 9.17) is 9.84 Å². The summed E-state index contributed by atoms with van der Waals surface area (Å²) in [6, 6.07) is 9.98. The van der Waals surface area contributed by atoms with Crippen molar-refractivity contribution in [3.05, 3.63) is 35.9 Å². The molecule has 0 amide bonds. The van der Waals surface area contributed by atoms with Crippen molar-refractivity contribution in [3.8, 4) is 0 Å². The topological polar surface area (TPSA) is 46.5 Å². The molecule has 1 aromatic carbocycles. The van der Waals surface area contributed by atoms with Crippen LogP contribution in [0.5, 0.6) is 0 Å². The van der Waals surface area contributed by atoms with E-state index in [0.717, 1.165) is 18.4 Å². The van der Waals surface area contributed by atoms with Crippen LogP contribution in [0.1, 0.15) is 115 Å². The summed E-state index contributed by atoms with van der Waals surface area (Å²) in [6.07, 6.45) is 19.5. The first-order chi connectivity index (χ1) is 14.2. The van der Waals surface area contributed by atoms with E-state index < -0.39 is 5.97 Å². The monoisotopic (exact) mass is 404 g/mol. The lowest BCUT2D eigenvalue weighted by molar-refractivity contribution is -0.140. The van der Waals surface area contributed by atoms with Crippen molar-refractivity contribution in [1.82, 2.24) is 0 Å². The fraction of sp³-hybridized carbons (Fsp3) is 0.731. The Balaban J connectivity index is 1.97. The summed E-state index contributed by atoms with van der Waals surface area (Å²) in [4.78, 5) is 11.1. The zero-order valence-electron chi connectivity index (χ0n) is 18.7. The summed E-state index contributed by atoms with van der Waals surface area (Å²) >= 11 is 0. The summed E-state index contributed by atoms with van der Waals surface area (Å²) in [7, 11) is 0. The molecule has 0 aliphatic carbocycles. The van der Waals surface area contributed by atoms with Gasteiger partial charge in [0.05, 0.1) is 19.1 Å². The molecule has 3 nitrogen and oxygen atoms in total. The number of ether oxygens (including phenoxy) is 1. The largest absolute Gasteiger partial charge is 0.481 e. The molecular formula is C26H44O3. The minimum atomic E-state index is -0.770. The zero-order valence-corrected chi connectivity index (χ0v) is 18.7. The smallest absolute Gasteiger partial charge is 0.305 e. The predicted molar refractivity (Wildman–Crippen MR) is 122 cm³/mol. The van der Waals surface area contributed by atoms with Crippen molar-refractivity contribution in [2.75, 3.05) is 0 Å². The van der Waals surface area contributed by atoms with Crippen LogP contribution in [-0.2, 0) is 16.1 Å². The highest BCUT2D eigenvalue weighted by molar-refractivity contribution is 5.67. The van der Waals surface area contributed by atoms with Gasteiger partial charge >= 0.3 is 5.97 Å². The standard InChI is InChI=1S/C26H44O3/c1-2-3-4-5-6-7-8-9-10-11-12-13-14-18-21-25(22-26(27)28)29-23-24-19-16-15-17-20-24/h15-17,19-20,25H,2-14,18,21-23H2,1H3,(H,27,28). The molecule has 0 aromatic heterocycles. The van der Waals surface area contributed by atoms with Gasteiger partial charge in [0.25, 0.3) is 0 Å². The van der Waals surface area contributed by atoms with Crippen LogP contribution < -0.4 is 0 Å². The maximum Gasteiger partial charge on any atom is 0.305 e. The lowest BCUT2D eigenvalue weighted by Gasteiger charge is -2.16. The molecule has 1 rings (SSSR count). The van der Waals surface area contributed by atoms with Gasteiger partial charge in [0.1, 0.15) is 0 Å². The van der Waals surface area contributed by atoms with Crippen LogP contribution in [0.25, 0.3) is 0 Å². The molecule has 0 fully saturated rings. The quantitative estimate of drug-likeness (QED) is 0.224. The molecule has 1 aromatic rings. The van der Waals surface area contributed by atoms with E-state index in [-0.39, 0.29) is 12.5 Å². The fourth-order valence-corrected chi connectivity index (χ4v) is 3.79. The number of hydrogen-bond acceptors (Lipinski definition) is 2. The number of unbranched alkanes of at least 4 members (excludes halogenated alkanes) is 13. The SMILES string of the molecule is CCCCCCCCCCCCCCCCC(CC(=O)O)OCc1ccccc1. The Hall–Kier alpha value is -1.35. The van der Waals surface area contributed by atoms with E-state index in [9.17, 15) is 4.79 Å². The predicted octanol–water partition coefficient (Wildman–Crippen LogP) is 7.92. The maximum atomic E-state index is 11.1. The van der Waals surface area contributed by atoms with Gasteiger partial charge in [0.2, 0.25) is 0 Å². The second-order valence-electron chi connectivity index (χ2n) is 8.40. The van der Waals surface area contributed by atoms with Crippen LogP contribution in [0.4, 0.5) is 0 Å². The minimum Gasteiger partial charge on any atom is -0.481 e. The zero-order chi connectivity index (χ0) is 21.0. The molecule has 3 heteroatoms. The Kier molecular flexibility index (Phi) is 16.5. The van der Waals surface area contributed by atoms with Gasteiger partial charge in [-0.05, 0) is 12.0 Å². The first kappa shape index (κ1) is 25.7. The van der Waals surface area contributed by atoms with Gasteiger partial charge in [-0.15, -0.1) is 0 Å². The molecular weight excluding hydrogens is 360 g/mol. The highest BCUT2D eigenvalue weighted by Gasteiger charge is 2.13. The molecule has 0 heterocycles. The van der Waals surface area contributed by atoms with E-state index in [2.05, 4.69) is 6.92 Å². The lowest BCUT2D eigenvalue weighted by Crippen LogP contribution is -2.17. The minimum absolute atomic E-state index is 0.102. The van der Waals surface area contributed by atoms with E-state index >= 15 is 0 Å². The molecule has 0 radical (unpaired) electrons. The van der Waals surface area contributed by atoms with E-state index in [1.54, 1.807) is 0 Å². The Morgan fingerprint density at radius 1 is 0.793 bits per heavy atom. The van der Waals surface area contributed by atoms with Crippen LogP contribution in [0.2, 0.25) is 0 Å². The summed E-state index contributed by atoms with van der Waals surface area (Å²) in [6.45, 7) is 2.77. The second-order valence-corrected chi connectivity index (χ2v) is 8.40. The summed E-state index contributed by atoms with van der Waals surface area (Å²) in [5, 5.41) is 9.12. The van der Waals surface area contributed by atoms with Crippen molar-refractivity contribution in [3.63, 3.8) is 0 Å². The molecule has 166 valence electrons. The van der Waals surface area contributed by atoms with Gasteiger partial charge in [-0.1, -0.05) is 127 Å². The molecule has 0 saturated carbocycles. The van der Waals surface area contributed by atoms with Crippen molar-refractivity contribution in [1.29, 1.82) is 0 Å². The molecule has 0 saturated heterocycles. The highest BCUT2D eigenvalue weighted by atomic mass is 16.5. The third kappa shape index (κ3) is 16.2. The summed E-state index contributed by atoms with van der Waals surface area (Å²) < 4.78 is 5.87. The number of carboxylic acid groups (broad SMARTS) is 1. The molecule has 0 aliphatic rings. The molecule has 29 heavy (non-hydrogen) atoms. The van der Waals surface area contributed by atoms with Crippen LogP contribution in [0.3, 0.4) is 0 Å². The van der Waals surface area contributed by atoms with Gasteiger partial charge in [0.15, 0.2) is 0 Å². The van der Waals surface area contributed by atoms with Crippen molar-refractivity contribution < 1.29 is 14.6 Å². The molecule has 1 N–H and O–H groups in total. The number of aliphatic carboxylic acids is 1. The van der Waals surface area contributed by atoms with Gasteiger partial charge in [-0.25, -0.2) is 0 Å². The Morgan fingerprint density at radius 2 is 1.28 bits per heavy atom. The molecule has 0 spiro atoms. The van der Waals surface area contributed by atoms with Gasteiger partial charge < -0.3 is 9.84 Å². The average Bonchev–Trinajstić information content (AvgIpc) is 2.72. The van der Waals surface area contributed by atoms with Gasteiger partial charge in [-0.2, -0.15) is 0 Å².